The Hall–Kier alpha value is -3.65. The molecule has 1 fully saturated rings. The fourth-order valence-corrected chi connectivity index (χ4v) is 3.33. The Bertz CT molecular complexity index is 1050. The minimum absolute atomic E-state index is 0.0510. The molecule has 1 aliphatic rings. The second kappa shape index (κ2) is 8.57. The van der Waals surface area contributed by atoms with Crippen LogP contribution >= 0.6 is 0 Å². The van der Waals surface area contributed by atoms with Gasteiger partial charge in [-0.2, -0.15) is 0 Å². The highest BCUT2D eigenvalue weighted by molar-refractivity contribution is 5.95. The lowest BCUT2D eigenvalue weighted by Gasteiger charge is -2.35. The van der Waals surface area contributed by atoms with Gasteiger partial charge in [0.05, 0.1) is 0 Å². The number of benzene rings is 1. The molecule has 3 aromatic rings. The molecule has 4 rings (SSSR count). The lowest BCUT2D eigenvalue weighted by molar-refractivity contribution is 0.0746. The van der Waals surface area contributed by atoms with Crippen molar-refractivity contribution < 1.29 is 4.79 Å². The van der Waals surface area contributed by atoms with Gasteiger partial charge in [0, 0.05) is 61.5 Å². The van der Waals surface area contributed by atoms with Crippen molar-refractivity contribution in [3.63, 3.8) is 0 Å². The Kier molecular flexibility index (Phi) is 5.53. The summed E-state index contributed by atoms with van der Waals surface area (Å²) in [6.45, 7) is 4.93. The normalized spacial score (nSPS) is 13.6. The number of aromatic nitrogens is 2. The maximum Gasteiger partial charge on any atom is 0.254 e. The summed E-state index contributed by atoms with van der Waals surface area (Å²) in [4.78, 5) is 25.6. The number of rotatable bonds is 2. The molecule has 0 bridgehead atoms. The quantitative estimate of drug-likeness (QED) is 0.639. The zero-order valence-electron chi connectivity index (χ0n) is 16.4. The van der Waals surface area contributed by atoms with Crippen LogP contribution in [0.1, 0.15) is 27.0 Å². The second-order valence-corrected chi connectivity index (χ2v) is 6.99. The molecule has 5 heteroatoms. The topological polar surface area (TPSA) is 49.3 Å². The Labute approximate surface area is 171 Å². The Morgan fingerprint density at radius 1 is 0.966 bits per heavy atom. The summed E-state index contributed by atoms with van der Waals surface area (Å²) in [5, 5.41) is 0. The van der Waals surface area contributed by atoms with E-state index in [1.807, 2.05) is 60.4 Å². The van der Waals surface area contributed by atoms with Crippen molar-refractivity contribution in [3.8, 4) is 11.8 Å². The molecule has 0 saturated carbocycles. The third-order valence-corrected chi connectivity index (χ3v) is 5.03. The van der Waals surface area contributed by atoms with E-state index in [0.29, 0.717) is 18.7 Å². The first-order valence-corrected chi connectivity index (χ1v) is 9.69. The molecule has 0 radical (unpaired) electrons. The molecule has 1 aromatic carbocycles. The summed E-state index contributed by atoms with van der Waals surface area (Å²) >= 11 is 0. The van der Waals surface area contributed by atoms with Crippen molar-refractivity contribution in [2.24, 2.45) is 0 Å². The summed E-state index contributed by atoms with van der Waals surface area (Å²) in [7, 11) is 0. The van der Waals surface area contributed by atoms with E-state index < -0.39 is 0 Å². The van der Waals surface area contributed by atoms with Crippen LogP contribution in [0.3, 0.4) is 0 Å². The predicted octanol–water partition coefficient (Wildman–Crippen LogP) is 3.15. The van der Waals surface area contributed by atoms with E-state index in [0.717, 1.165) is 35.6 Å². The van der Waals surface area contributed by atoms with Gasteiger partial charge < -0.3 is 9.80 Å². The Morgan fingerprint density at radius 2 is 1.83 bits per heavy atom. The van der Waals surface area contributed by atoms with E-state index in [-0.39, 0.29) is 5.91 Å². The molecule has 144 valence electrons. The number of nitrogens with zero attached hydrogens (tertiary/aromatic N) is 4. The summed E-state index contributed by atoms with van der Waals surface area (Å²) in [5.41, 5.74) is 3.45. The number of carbonyl (C=O) groups excluding carboxylic acids is 1. The SMILES string of the molecule is Cc1ccc(C(=O)N2CCN(c3ccccn3)CC2)cc1C#Cc1cccnc1. The Balaban J connectivity index is 1.46. The van der Waals surface area contributed by atoms with Crippen LogP contribution in [0.2, 0.25) is 0 Å². The van der Waals surface area contributed by atoms with Crippen molar-refractivity contribution in [2.75, 3.05) is 31.1 Å². The van der Waals surface area contributed by atoms with Gasteiger partial charge in [0.25, 0.3) is 5.91 Å². The summed E-state index contributed by atoms with van der Waals surface area (Å²) < 4.78 is 0. The molecule has 1 amide bonds. The van der Waals surface area contributed by atoms with Crippen LogP contribution in [0.5, 0.6) is 0 Å². The van der Waals surface area contributed by atoms with Gasteiger partial charge in [-0.3, -0.25) is 9.78 Å². The first-order valence-electron chi connectivity index (χ1n) is 9.69. The van der Waals surface area contributed by atoms with Crippen LogP contribution in [-0.4, -0.2) is 47.0 Å². The van der Waals surface area contributed by atoms with E-state index >= 15 is 0 Å². The predicted molar refractivity (Wildman–Crippen MR) is 114 cm³/mol. The van der Waals surface area contributed by atoms with Gasteiger partial charge in [0.15, 0.2) is 0 Å². The van der Waals surface area contributed by atoms with Crippen LogP contribution in [0, 0.1) is 18.8 Å². The van der Waals surface area contributed by atoms with E-state index in [1.54, 1.807) is 18.6 Å². The minimum Gasteiger partial charge on any atom is -0.353 e. The molecule has 2 aromatic heterocycles. The standard InChI is InChI=1S/C24H22N4O/c1-19-7-9-22(17-21(19)10-8-20-5-4-11-25-18-20)24(29)28-15-13-27(14-16-28)23-6-2-3-12-26-23/h2-7,9,11-12,17-18H,13-16H2,1H3. The van der Waals surface area contributed by atoms with Crippen LogP contribution in [0.4, 0.5) is 5.82 Å². The molecule has 0 spiro atoms. The maximum absolute atomic E-state index is 13.0. The molecule has 0 unspecified atom stereocenters. The van der Waals surface area contributed by atoms with E-state index in [9.17, 15) is 4.79 Å². The van der Waals surface area contributed by atoms with Crippen molar-refractivity contribution in [3.05, 3.63) is 89.4 Å². The number of pyridine rings is 2. The first-order chi connectivity index (χ1) is 14.2. The smallest absolute Gasteiger partial charge is 0.254 e. The van der Waals surface area contributed by atoms with Gasteiger partial charge >= 0.3 is 0 Å². The van der Waals surface area contributed by atoms with Gasteiger partial charge in [0.1, 0.15) is 5.82 Å². The van der Waals surface area contributed by atoms with Gasteiger partial charge in [0.2, 0.25) is 0 Å². The van der Waals surface area contributed by atoms with E-state index in [2.05, 4.69) is 26.7 Å². The largest absolute Gasteiger partial charge is 0.353 e. The van der Waals surface area contributed by atoms with Crippen molar-refractivity contribution in [2.45, 2.75) is 6.92 Å². The lowest BCUT2D eigenvalue weighted by Crippen LogP contribution is -2.49. The fourth-order valence-electron chi connectivity index (χ4n) is 3.33. The van der Waals surface area contributed by atoms with Gasteiger partial charge in [-0.1, -0.05) is 24.0 Å². The molecular weight excluding hydrogens is 360 g/mol. The van der Waals surface area contributed by atoms with Gasteiger partial charge in [-0.05, 0) is 48.9 Å². The molecule has 0 N–H and O–H groups in total. The monoisotopic (exact) mass is 382 g/mol. The first kappa shape index (κ1) is 18.7. The highest BCUT2D eigenvalue weighted by atomic mass is 16.2. The van der Waals surface area contributed by atoms with Crippen molar-refractivity contribution in [1.29, 1.82) is 0 Å². The molecule has 5 nitrogen and oxygen atoms in total. The summed E-state index contributed by atoms with van der Waals surface area (Å²) in [6.07, 6.45) is 5.26. The maximum atomic E-state index is 13.0. The van der Waals surface area contributed by atoms with Gasteiger partial charge in [-0.15, -0.1) is 0 Å². The highest BCUT2D eigenvalue weighted by Crippen LogP contribution is 2.16. The number of amides is 1. The van der Waals surface area contributed by atoms with E-state index in [1.165, 1.54) is 0 Å². The van der Waals surface area contributed by atoms with Gasteiger partial charge in [-0.25, -0.2) is 4.98 Å². The molecule has 1 saturated heterocycles. The number of piperazine rings is 1. The average molecular weight is 382 g/mol. The number of anilines is 1. The van der Waals surface area contributed by atoms with E-state index in [4.69, 9.17) is 0 Å². The highest BCUT2D eigenvalue weighted by Gasteiger charge is 2.23. The number of hydrogen-bond donors (Lipinski definition) is 0. The van der Waals surface area contributed by atoms with Crippen LogP contribution < -0.4 is 4.90 Å². The summed E-state index contributed by atoms with van der Waals surface area (Å²) in [6, 6.07) is 15.4. The second-order valence-electron chi connectivity index (χ2n) is 6.99. The number of hydrogen-bond acceptors (Lipinski definition) is 4. The third kappa shape index (κ3) is 4.44. The summed E-state index contributed by atoms with van der Waals surface area (Å²) in [5.74, 6) is 7.31. The lowest BCUT2D eigenvalue weighted by atomic mass is 10.0. The van der Waals surface area contributed by atoms with Crippen LogP contribution in [-0.2, 0) is 0 Å². The molecule has 0 aliphatic carbocycles. The molecule has 1 aliphatic heterocycles. The third-order valence-electron chi connectivity index (χ3n) is 5.03. The van der Waals surface area contributed by atoms with Crippen molar-refractivity contribution in [1.82, 2.24) is 14.9 Å². The number of carbonyl (C=O) groups is 1. The minimum atomic E-state index is 0.0510. The number of aryl methyl sites for hydroxylation is 1. The fraction of sp³-hybridized carbons (Fsp3) is 0.208. The van der Waals surface area contributed by atoms with Crippen LogP contribution in [0.25, 0.3) is 0 Å². The molecule has 29 heavy (non-hydrogen) atoms. The molecular formula is C24H22N4O. The average Bonchev–Trinajstić information content (AvgIpc) is 2.79. The molecule has 0 atom stereocenters. The zero-order valence-corrected chi connectivity index (χ0v) is 16.4. The van der Waals surface area contributed by atoms with Crippen molar-refractivity contribution >= 4 is 11.7 Å². The Morgan fingerprint density at radius 3 is 2.55 bits per heavy atom. The molecule has 3 heterocycles. The van der Waals surface area contributed by atoms with Crippen LogP contribution in [0.15, 0.2) is 67.1 Å². The zero-order chi connectivity index (χ0) is 20.1.